The van der Waals surface area contributed by atoms with Crippen molar-refractivity contribution in [2.75, 3.05) is 7.11 Å². The molecule has 0 bridgehead atoms. The quantitative estimate of drug-likeness (QED) is 0.0482. The Hall–Kier alpha value is -7.50. The number of hydrogen-bond acceptors (Lipinski definition) is 13. The molecule has 5 N–H and O–H groups in total. The number of hydrogen-bond donors (Lipinski definition) is 3. The van der Waals surface area contributed by atoms with Crippen molar-refractivity contribution in [3.63, 3.8) is 0 Å². The highest BCUT2D eigenvalue weighted by Crippen LogP contribution is 2.36. The first-order valence-electron chi connectivity index (χ1n) is 21.2. The Kier molecular flexibility index (Phi) is 14.3. The van der Waals surface area contributed by atoms with E-state index in [-0.39, 0.29) is 63.9 Å². The van der Waals surface area contributed by atoms with Crippen LogP contribution in [0.2, 0.25) is 0 Å². The van der Waals surface area contributed by atoms with Crippen LogP contribution < -0.4 is 20.9 Å². The number of rotatable bonds is 20. The second-order valence-corrected chi connectivity index (χ2v) is 15.7. The zero-order valence-corrected chi connectivity index (χ0v) is 36.6. The fourth-order valence-corrected chi connectivity index (χ4v) is 7.65. The van der Waals surface area contributed by atoms with E-state index >= 15 is 0 Å². The lowest BCUT2D eigenvalue weighted by Gasteiger charge is -2.15. The van der Waals surface area contributed by atoms with Gasteiger partial charge in [-0.2, -0.15) is 0 Å². The Bertz CT molecular complexity index is 3080. The number of ether oxygens (including phenoxy) is 5. The number of carboxylic acid groups (broad SMARTS) is 1. The topological polar surface area (TPSA) is 205 Å². The van der Waals surface area contributed by atoms with Gasteiger partial charge in [-0.3, -0.25) is 19.6 Å². The van der Waals surface area contributed by atoms with E-state index in [1.807, 2.05) is 54.6 Å². The highest BCUT2D eigenvalue weighted by Gasteiger charge is 2.20. The van der Waals surface area contributed by atoms with Crippen molar-refractivity contribution in [2.45, 2.75) is 65.6 Å². The molecule has 0 spiro atoms. The van der Waals surface area contributed by atoms with Crippen LogP contribution in [-0.4, -0.2) is 40.4 Å². The standard InChI is InChI=1S/C51H46F2N4O10/c1-29(62-28-43-18-37-12-31(25-63-46-21-38(52)5-3-34(46)19-48(58)59)14-45(51(37)67-43)33-8-10-57-41(16-33)24-55)65-49(60)20-35-4-6-39(53)22-47(35)64-26-30-11-36-17-42(27-61-2)66-50(36)44(13-30)32-7-9-56-40(15-32)23-54/h3-18,21-22,29H,19-20,23-28,54-55H2,1-2H3,(H,58,59)/t29-/m1/s1. The molecule has 0 aliphatic rings. The Labute approximate surface area is 383 Å². The molecule has 344 valence electrons. The zero-order chi connectivity index (χ0) is 47.0. The fourth-order valence-electron chi connectivity index (χ4n) is 7.65. The largest absolute Gasteiger partial charge is 0.488 e. The summed E-state index contributed by atoms with van der Waals surface area (Å²) in [5.41, 5.74) is 19.6. The summed E-state index contributed by atoms with van der Waals surface area (Å²) in [7, 11) is 1.59. The van der Waals surface area contributed by atoms with Gasteiger partial charge in [0.2, 0.25) is 6.29 Å². The first-order chi connectivity index (χ1) is 32.4. The molecule has 0 aliphatic heterocycles. The van der Waals surface area contributed by atoms with Gasteiger partial charge < -0.3 is 49.1 Å². The van der Waals surface area contributed by atoms with Crippen molar-refractivity contribution >= 4 is 33.9 Å². The summed E-state index contributed by atoms with van der Waals surface area (Å²) in [6, 6.07) is 26.3. The van der Waals surface area contributed by atoms with Gasteiger partial charge >= 0.3 is 11.9 Å². The molecule has 0 radical (unpaired) electrons. The Morgan fingerprint density at radius 1 is 0.657 bits per heavy atom. The maximum atomic E-state index is 14.6. The van der Waals surface area contributed by atoms with Gasteiger partial charge in [0.15, 0.2) is 0 Å². The van der Waals surface area contributed by atoms with Gasteiger partial charge in [0.1, 0.15) is 72.2 Å². The first kappa shape index (κ1) is 46.0. The molecule has 0 aliphatic carbocycles. The minimum Gasteiger partial charge on any atom is -0.488 e. The molecular formula is C51H46F2N4O10. The average Bonchev–Trinajstić information content (AvgIpc) is 3.94. The number of nitrogens with zero attached hydrogens (tertiary/aromatic N) is 2. The van der Waals surface area contributed by atoms with Gasteiger partial charge in [-0.05, 0) is 102 Å². The van der Waals surface area contributed by atoms with Crippen LogP contribution in [0.25, 0.3) is 44.2 Å². The van der Waals surface area contributed by atoms with Crippen LogP contribution in [0.3, 0.4) is 0 Å². The fraction of sp³-hybridized carbons (Fsp3) is 0.216. The van der Waals surface area contributed by atoms with Crippen LogP contribution >= 0.6 is 0 Å². The van der Waals surface area contributed by atoms with Crippen molar-refractivity contribution in [2.24, 2.45) is 11.5 Å². The van der Waals surface area contributed by atoms with Gasteiger partial charge in [0.05, 0.1) is 24.2 Å². The molecule has 8 aromatic rings. The van der Waals surface area contributed by atoms with Gasteiger partial charge in [-0.1, -0.05) is 12.1 Å². The summed E-state index contributed by atoms with van der Waals surface area (Å²) < 4.78 is 70.3. The number of esters is 1. The number of aliphatic carboxylic acids is 1. The number of carbonyl (C=O) groups is 2. The van der Waals surface area contributed by atoms with E-state index in [0.29, 0.717) is 61.7 Å². The summed E-state index contributed by atoms with van der Waals surface area (Å²) in [6.07, 6.45) is 1.73. The molecule has 8 rings (SSSR count). The number of furan rings is 2. The first-order valence-corrected chi connectivity index (χ1v) is 21.2. The number of fused-ring (bicyclic) bond motifs is 2. The third-order valence-corrected chi connectivity index (χ3v) is 10.7. The molecular weight excluding hydrogens is 867 g/mol. The molecule has 0 saturated carbocycles. The maximum Gasteiger partial charge on any atom is 0.312 e. The lowest BCUT2D eigenvalue weighted by molar-refractivity contribution is -0.177. The monoisotopic (exact) mass is 912 g/mol. The van der Waals surface area contributed by atoms with Crippen molar-refractivity contribution < 1.29 is 56.0 Å². The maximum absolute atomic E-state index is 14.6. The van der Waals surface area contributed by atoms with Crippen LogP contribution in [-0.2, 0) is 76.2 Å². The molecule has 67 heavy (non-hydrogen) atoms. The highest BCUT2D eigenvalue weighted by molar-refractivity contribution is 5.94. The van der Waals surface area contributed by atoms with E-state index in [2.05, 4.69) is 9.97 Å². The second kappa shape index (κ2) is 20.8. The lowest BCUT2D eigenvalue weighted by atomic mass is 10.0. The van der Waals surface area contributed by atoms with E-state index in [1.165, 1.54) is 30.3 Å². The van der Waals surface area contributed by atoms with Crippen molar-refractivity contribution in [1.29, 1.82) is 0 Å². The van der Waals surface area contributed by atoms with Crippen LogP contribution in [0, 0.1) is 11.6 Å². The molecule has 4 aromatic carbocycles. The van der Waals surface area contributed by atoms with Crippen LogP contribution in [0.1, 0.15) is 52.1 Å². The Morgan fingerprint density at radius 3 is 1.66 bits per heavy atom. The van der Waals surface area contributed by atoms with E-state index in [4.69, 9.17) is 44.0 Å². The predicted octanol–water partition coefficient (Wildman–Crippen LogP) is 9.08. The van der Waals surface area contributed by atoms with E-state index in [1.54, 1.807) is 32.5 Å². The van der Waals surface area contributed by atoms with E-state index < -0.39 is 29.9 Å². The minimum atomic E-state index is -1.08. The molecule has 16 heteroatoms. The smallest absolute Gasteiger partial charge is 0.312 e. The van der Waals surface area contributed by atoms with Crippen LogP contribution in [0.15, 0.2) is 118 Å². The number of carboxylic acids is 1. The van der Waals surface area contributed by atoms with Gasteiger partial charge in [0.25, 0.3) is 0 Å². The van der Waals surface area contributed by atoms with E-state index in [9.17, 15) is 23.5 Å². The van der Waals surface area contributed by atoms with Crippen LogP contribution in [0.4, 0.5) is 8.78 Å². The highest BCUT2D eigenvalue weighted by atomic mass is 19.1. The summed E-state index contributed by atoms with van der Waals surface area (Å²) in [5.74, 6) is -1.48. The molecule has 0 amide bonds. The predicted molar refractivity (Wildman–Crippen MR) is 242 cm³/mol. The molecule has 14 nitrogen and oxygen atoms in total. The number of pyridine rings is 2. The molecule has 4 heterocycles. The zero-order valence-electron chi connectivity index (χ0n) is 36.6. The molecule has 0 fully saturated rings. The number of aromatic nitrogens is 2. The van der Waals surface area contributed by atoms with E-state index in [0.717, 1.165) is 33.7 Å². The second-order valence-electron chi connectivity index (χ2n) is 15.7. The Balaban J connectivity index is 0.951. The summed E-state index contributed by atoms with van der Waals surface area (Å²) in [4.78, 5) is 33.4. The molecule has 4 aromatic heterocycles. The number of carbonyl (C=O) groups excluding carboxylic acids is 1. The van der Waals surface area contributed by atoms with Gasteiger partial charge in [-0.15, -0.1) is 0 Å². The average molecular weight is 913 g/mol. The number of nitrogens with two attached hydrogens (primary N) is 2. The summed E-state index contributed by atoms with van der Waals surface area (Å²) in [6.45, 7) is 2.27. The SMILES string of the molecule is COCc1cc2cc(COc3cc(F)ccc3CC(=O)O[C@H](C)OCc3cc4cc(COc5cc(F)ccc5CC(=O)O)cc(-c5ccnc(CN)c5)c4o3)cc(-c3ccnc(CN)c3)c2o1. The van der Waals surface area contributed by atoms with Crippen molar-refractivity contribution in [1.82, 2.24) is 9.97 Å². The van der Waals surface area contributed by atoms with Crippen molar-refractivity contribution in [3.05, 3.63) is 166 Å². The van der Waals surface area contributed by atoms with Crippen LogP contribution in [0.5, 0.6) is 11.5 Å². The van der Waals surface area contributed by atoms with Crippen molar-refractivity contribution in [3.8, 4) is 33.8 Å². The Morgan fingerprint density at radius 2 is 1.16 bits per heavy atom. The summed E-state index contributed by atoms with van der Waals surface area (Å²) in [5, 5.41) is 10.9. The minimum absolute atomic E-state index is 0.0145. The van der Waals surface area contributed by atoms with Gasteiger partial charge in [0, 0.05) is 77.8 Å². The lowest BCUT2D eigenvalue weighted by Crippen LogP contribution is -2.19. The van der Waals surface area contributed by atoms with Gasteiger partial charge in [-0.25, -0.2) is 8.78 Å². The third-order valence-electron chi connectivity index (χ3n) is 10.7. The number of halogens is 2. The third kappa shape index (κ3) is 11.3. The number of methoxy groups -OCH3 is 1. The normalized spacial score (nSPS) is 11.9. The molecule has 0 unspecified atom stereocenters. The molecule has 1 atom stereocenters. The summed E-state index contributed by atoms with van der Waals surface area (Å²) >= 11 is 0. The molecule has 0 saturated heterocycles. The number of benzene rings is 4.